The third-order valence-electron chi connectivity index (χ3n) is 3.03. The summed E-state index contributed by atoms with van der Waals surface area (Å²) in [5, 5.41) is 5.12. The van der Waals surface area contributed by atoms with Crippen molar-refractivity contribution in [1.82, 2.24) is 4.98 Å². The van der Waals surface area contributed by atoms with Gasteiger partial charge in [-0.3, -0.25) is 10.1 Å². The Morgan fingerprint density at radius 2 is 2.18 bits per heavy atom. The van der Waals surface area contributed by atoms with E-state index in [0.717, 1.165) is 6.42 Å². The van der Waals surface area contributed by atoms with Gasteiger partial charge in [0.1, 0.15) is 0 Å². The van der Waals surface area contributed by atoms with E-state index in [4.69, 9.17) is 9.47 Å². The number of hydrogen-bond acceptors (Lipinski definition) is 5. The van der Waals surface area contributed by atoms with Crippen molar-refractivity contribution in [3.63, 3.8) is 0 Å². The fourth-order valence-electron chi connectivity index (χ4n) is 1.79. The number of thiazole rings is 1. The van der Waals surface area contributed by atoms with Gasteiger partial charge in [-0.2, -0.15) is 0 Å². The van der Waals surface area contributed by atoms with Crippen LogP contribution in [-0.2, 0) is 0 Å². The minimum atomic E-state index is -0.220. The van der Waals surface area contributed by atoms with Gasteiger partial charge in [0.05, 0.1) is 13.7 Å². The highest BCUT2D eigenvalue weighted by atomic mass is 32.1. The van der Waals surface area contributed by atoms with Crippen LogP contribution in [0.2, 0.25) is 0 Å². The minimum Gasteiger partial charge on any atom is -0.493 e. The second kappa shape index (κ2) is 7.79. The molecule has 5 nitrogen and oxygen atoms in total. The predicted molar refractivity (Wildman–Crippen MR) is 88.0 cm³/mol. The minimum absolute atomic E-state index is 0.220. The van der Waals surface area contributed by atoms with Gasteiger partial charge in [0, 0.05) is 17.1 Å². The fourth-order valence-corrected chi connectivity index (χ4v) is 2.31. The zero-order chi connectivity index (χ0) is 15.9. The largest absolute Gasteiger partial charge is 0.493 e. The van der Waals surface area contributed by atoms with Gasteiger partial charge in [0.25, 0.3) is 5.91 Å². The lowest BCUT2D eigenvalue weighted by molar-refractivity contribution is 0.102. The highest BCUT2D eigenvalue weighted by molar-refractivity contribution is 7.13. The van der Waals surface area contributed by atoms with E-state index >= 15 is 0 Å². The molecule has 0 atom stereocenters. The van der Waals surface area contributed by atoms with Gasteiger partial charge in [-0.1, -0.05) is 13.8 Å². The third-order valence-corrected chi connectivity index (χ3v) is 3.72. The predicted octanol–water partition coefficient (Wildman–Crippen LogP) is 3.83. The molecule has 1 heterocycles. The number of methoxy groups -OCH3 is 1. The zero-order valence-corrected chi connectivity index (χ0v) is 13.8. The van der Waals surface area contributed by atoms with Crippen LogP contribution in [-0.4, -0.2) is 24.6 Å². The molecule has 0 radical (unpaired) electrons. The molecule has 2 rings (SSSR count). The van der Waals surface area contributed by atoms with Crippen LogP contribution in [0.4, 0.5) is 5.13 Å². The Labute approximate surface area is 134 Å². The smallest absolute Gasteiger partial charge is 0.257 e. The monoisotopic (exact) mass is 320 g/mol. The molecule has 0 aliphatic carbocycles. The van der Waals surface area contributed by atoms with Crippen molar-refractivity contribution in [3.05, 3.63) is 35.3 Å². The lowest BCUT2D eigenvalue weighted by Crippen LogP contribution is -2.12. The first-order valence-electron chi connectivity index (χ1n) is 7.12. The van der Waals surface area contributed by atoms with Gasteiger partial charge in [-0.15, -0.1) is 11.3 Å². The molecular formula is C16H20N2O3S. The van der Waals surface area contributed by atoms with Crippen molar-refractivity contribution >= 4 is 22.4 Å². The van der Waals surface area contributed by atoms with Gasteiger partial charge < -0.3 is 9.47 Å². The molecule has 22 heavy (non-hydrogen) atoms. The number of carbonyl (C=O) groups excluding carboxylic acids is 1. The molecule has 1 aromatic heterocycles. The highest BCUT2D eigenvalue weighted by Crippen LogP contribution is 2.28. The first kappa shape index (κ1) is 16.3. The molecule has 1 N–H and O–H groups in total. The highest BCUT2D eigenvalue weighted by Gasteiger charge is 2.12. The quantitative estimate of drug-likeness (QED) is 0.842. The molecule has 0 unspecified atom stereocenters. The number of aromatic nitrogens is 1. The molecule has 0 fully saturated rings. The summed E-state index contributed by atoms with van der Waals surface area (Å²) in [6.45, 7) is 4.91. The average Bonchev–Trinajstić information content (AvgIpc) is 3.00. The van der Waals surface area contributed by atoms with Crippen LogP contribution in [0.1, 0.15) is 30.6 Å². The van der Waals surface area contributed by atoms with Crippen molar-refractivity contribution in [2.45, 2.75) is 20.3 Å². The number of carbonyl (C=O) groups is 1. The van der Waals surface area contributed by atoms with E-state index in [-0.39, 0.29) is 5.91 Å². The number of hydrogen-bond donors (Lipinski definition) is 1. The van der Waals surface area contributed by atoms with Gasteiger partial charge in [0.2, 0.25) is 0 Å². The van der Waals surface area contributed by atoms with Crippen LogP contribution in [0.5, 0.6) is 11.5 Å². The molecule has 118 valence electrons. The molecule has 1 amide bonds. The molecule has 0 spiro atoms. The number of ether oxygens (including phenoxy) is 2. The van der Waals surface area contributed by atoms with Crippen LogP contribution >= 0.6 is 11.3 Å². The SMILES string of the molecule is COc1cc(C(=O)Nc2nccs2)ccc1OCCC(C)C. The number of rotatable bonds is 7. The summed E-state index contributed by atoms with van der Waals surface area (Å²) in [6, 6.07) is 5.15. The summed E-state index contributed by atoms with van der Waals surface area (Å²) in [5.74, 6) is 1.56. The van der Waals surface area contributed by atoms with E-state index < -0.39 is 0 Å². The van der Waals surface area contributed by atoms with Gasteiger partial charge in [0.15, 0.2) is 16.6 Å². The van der Waals surface area contributed by atoms with Crippen molar-refractivity contribution in [1.29, 1.82) is 0 Å². The first-order chi connectivity index (χ1) is 10.6. The number of benzene rings is 1. The number of nitrogens with zero attached hydrogens (tertiary/aromatic N) is 1. The van der Waals surface area contributed by atoms with E-state index in [1.807, 2.05) is 5.38 Å². The standard InChI is InChI=1S/C16H20N2O3S/c1-11(2)6-8-21-13-5-4-12(10-14(13)20-3)15(19)18-16-17-7-9-22-16/h4-5,7,9-11H,6,8H2,1-3H3,(H,17,18,19). The maximum Gasteiger partial charge on any atom is 0.257 e. The van der Waals surface area contributed by atoms with Crippen LogP contribution in [0, 0.1) is 5.92 Å². The Bertz CT molecular complexity index is 612. The van der Waals surface area contributed by atoms with Crippen LogP contribution < -0.4 is 14.8 Å². The number of anilines is 1. The Morgan fingerprint density at radius 3 is 2.82 bits per heavy atom. The topological polar surface area (TPSA) is 60.5 Å². The lowest BCUT2D eigenvalue weighted by Gasteiger charge is -2.13. The van der Waals surface area contributed by atoms with Crippen molar-refractivity contribution in [3.8, 4) is 11.5 Å². The summed E-state index contributed by atoms with van der Waals surface area (Å²) < 4.78 is 11.0. The molecule has 0 aliphatic heterocycles. The molecule has 0 saturated heterocycles. The van der Waals surface area contributed by atoms with Gasteiger partial charge >= 0.3 is 0 Å². The maximum atomic E-state index is 12.2. The van der Waals surface area contributed by atoms with Gasteiger partial charge in [-0.05, 0) is 30.5 Å². The molecule has 1 aromatic carbocycles. The van der Waals surface area contributed by atoms with E-state index in [1.165, 1.54) is 11.3 Å². The number of amides is 1. The molecule has 2 aromatic rings. The molecule has 0 bridgehead atoms. The molecular weight excluding hydrogens is 300 g/mol. The van der Waals surface area contributed by atoms with Crippen molar-refractivity contribution < 1.29 is 14.3 Å². The Morgan fingerprint density at radius 1 is 1.36 bits per heavy atom. The summed E-state index contributed by atoms with van der Waals surface area (Å²) >= 11 is 1.37. The van der Waals surface area contributed by atoms with Crippen LogP contribution in [0.15, 0.2) is 29.8 Å². The van der Waals surface area contributed by atoms with Gasteiger partial charge in [-0.25, -0.2) is 4.98 Å². The molecule has 6 heteroatoms. The summed E-state index contributed by atoms with van der Waals surface area (Å²) in [6.07, 6.45) is 2.61. The van der Waals surface area contributed by atoms with Crippen molar-refractivity contribution in [2.24, 2.45) is 5.92 Å². The maximum absolute atomic E-state index is 12.2. The van der Waals surface area contributed by atoms with Crippen LogP contribution in [0.25, 0.3) is 0 Å². The third kappa shape index (κ3) is 4.46. The summed E-state index contributed by atoms with van der Waals surface area (Å²) in [5.41, 5.74) is 0.503. The van der Waals surface area contributed by atoms with E-state index in [9.17, 15) is 4.79 Å². The van der Waals surface area contributed by atoms with Crippen LogP contribution in [0.3, 0.4) is 0 Å². The lowest BCUT2D eigenvalue weighted by atomic mass is 10.1. The molecule has 0 aliphatic rings. The second-order valence-electron chi connectivity index (χ2n) is 5.19. The zero-order valence-electron chi connectivity index (χ0n) is 13.0. The Hall–Kier alpha value is -2.08. The number of nitrogens with one attached hydrogen (secondary N) is 1. The normalized spacial score (nSPS) is 10.5. The Kier molecular flexibility index (Phi) is 5.77. The fraction of sp³-hybridized carbons (Fsp3) is 0.375. The summed E-state index contributed by atoms with van der Waals surface area (Å²) in [4.78, 5) is 16.2. The molecule has 0 saturated carbocycles. The summed E-state index contributed by atoms with van der Waals surface area (Å²) in [7, 11) is 1.56. The van der Waals surface area contributed by atoms with E-state index in [0.29, 0.717) is 34.7 Å². The van der Waals surface area contributed by atoms with Crippen molar-refractivity contribution in [2.75, 3.05) is 19.0 Å². The van der Waals surface area contributed by atoms with E-state index in [1.54, 1.807) is 31.5 Å². The average molecular weight is 320 g/mol. The first-order valence-corrected chi connectivity index (χ1v) is 7.99. The van der Waals surface area contributed by atoms with E-state index in [2.05, 4.69) is 24.1 Å². The second-order valence-corrected chi connectivity index (χ2v) is 6.08. The Balaban J connectivity index is 2.05.